The van der Waals surface area contributed by atoms with E-state index in [-0.39, 0.29) is 5.78 Å². The minimum atomic E-state index is 0.219. The second-order valence-corrected chi connectivity index (χ2v) is 5.28. The molecule has 0 aliphatic heterocycles. The van der Waals surface area contributed by atoms with Crippen molar-refractivity contribution < 1.29 is 4.79 Å². The monoisotopic (exact) mass is 302 g/mol. The summed E-state index contributed by atoms with van der Waals surface area (Å²) in [5, 5.41) is 0. The number of ketones is 1. The van der Waals surface area contributed by atoms with Crippen molar-refractivity contribution >= 4 is 21.7 Å². The van der Waals surface area contributed by atoms with Gasteiger partial charge in [-0.25, -0.2) is 0 Å². The van der Waals surface area contributed by atoms with Crippen LogP contribution >= 0.6 is 15.9 Å². The number of Topliss-reactive ketones (excluding diaryl/α,β-unsaturated/α-hetero) is 1. The molecule has 2 aromatic rings. The zero-order valence-corrected chi connectivity index (χ0v) is 11.9. The average molecular weight is 303 g/mol. The average Bonchev–Trinajstić information content (AvgIpc) is 2.38. The molecule has 0 saturated heterocycles. The van der Waals surface area contributed by atoms with Crippen molar-refractivity contribution in [2.45, 2.75) is 19.8 Å². The molecule has 18 heavy (non-hydrogen) atoms. The topological polar surface area (TPSA) is 17.1 Å². The van der Waals surface area contributed by atoms with Gasteiger partial charge in [0.05, 0.1) is 0 Å². The molecule has 0 saturated carbocycles. The minimum absolute atomic E-state index is 0.219. The van der Waals surface area contributed by atoms with Crippen LogP contribution in [0.25, 0.3) is 0 Å². The van der Waals surface area contributed by atoms with E-state index in [1.807, 2.05) is 43.3 Å². The van der Waals surface area contributed by atoms with Crippen LogP contribution < -0.4 is 0 Å². The van der Waals surface area contributed by atoms with Crippen molar-refractivity contribution in [3.05, 3.63) is 69.7 Å². The summed E-state index contributed by atoms with van der Waals surface area (Å²) in [6.07, 6.45) is 1.35. The van der Waals surface area contributed by atoms with Crippen LogP contribution in [0, 0.1) is 6.92 Å². The fourth-order valence-corrected chi connectivity index (χ4v) is 2.19. The molecule has 0 radical (unpaired) electrons. The minimum Gasteiger partial charge on any atom is -0.294 e. The van der Waals surface area contributed by atoms with Gasteiger partial charge >= 0.3 is 0 Å². The summed E-state index contributed by atoms with van der Waals surface area (Å²) in [5.41, 5.74) is 3.09. The molecule has 0 bridgehead atoms. The van der Waals surface area contributed by atoms with Crippen molar-refractivity contribution in [1.29, 1.82) is 0 Å². The van der Waals surface area contributed by atoms with E-state index in [0.717, 1.165) is 22.0 Å². The molecule has 0 amide bonds. The first-order valence-electron chi connectivity index (χ1n) is 6.00. The Morgan fingerprint density at radius 3 is 2.39 bits per heavy atom. The molecule has 0 N–H and O–H groups in total. The van der Waals surface area contributed by atoms with Gasteiger partial charge in [0.2, 0.25) is 0 Å². The zero-order chi connectivity index (χ0) is 13.0. The van der Waals surface area contributed by atoms with Crippen molar-refractivity contribution in [2.75, 3.05) is 0 Å². The summed E-state index contributed by atoms with van der Waals surface area (Å²) >= 11 is 3.40. The molecule has 0 aromatic heterocycles. The third kappa shape index (κ3) is 3.30. The van der Waals surface area contributed by atoms with Gasteiger partial charge in [-0.3, -0.25) is 4.79 Å². The van der Waals surface area contributed by atoms with Gasteiger partial charge in [0.15, 0.2) is 5.78 Å². The fraction of sp³-hybridized carbons (Fsp3) is 0.188. The zero-order valence-electron chi connectivity index (χ0n) is 10.3. The molecule has 1 nitrogen and oxygen atoms in total. The largest absolute Gasteiger partial charge is 0.294 e. The Kier molecular flexibility index (Phi) is 4.32. The predicted octanol–water partition coefficient (Wildman–Crippen LogP) is 4.57. The number of rotatable bonds is 4. The third-order valence-corrected chi connectivity index (χ3v) is 3.53. The van der Waals surface area contributed by atoms with Gasteiger partial charge in [0, 0.05) is 16.5 Å². The van der Waals surface area contributed by atoms with Gasteiger partial charge in [-0.2, -0.15) is 0 Å². The number of hydrogen-bond donors (Lipinski definition) is 0. The summed E-state index contributed by atoms with van der Waals surface area (Å²) in [6, 6.07) is 15.9. The van der Waals surface area contributed by atoms with Gasteiger partial charge in [-0.15, -0.1) is 0 Å². The van der Waals surface area contributed by atoms with E-state index in [1.165, 1.54) is 5.56 Å². The number of benzene rings is 2. The van der Waals surface area contributed by atoms with Crippen LogP contribution in [0.15, 0.2) is 53.0 Å². The standard InChI is InChI=1S/C16H15BrO/c1-12-4-2-3-5-15(12)16(18)11-8-13-6-9-14(17)10-7-13/h2-7,9-10H,8,11H2,1H3. The van der Waals surface area contributed by atoms with E-state index in [2.05, 4.69) is 28.1 Å². The molecular formula is C16H15BrO. The van der Waals surface area contributed by atoms with Crippen LogP contribution in [-0.4, -0.2) is 5.78 Å². The van der Waals surface area contributed by atoms with Crippen molar-refractivity contribution in [3.8, 4) is 0 Å². The molecule has 2 aromatic carbocycles. The maximum absolute atomic E-state index is 12.1. The smallest absolute Gasteiger partial charge is 0.163 e. The van der Waals surface area contributed by atoms with Gasteiger partial charge in [-0.05, 0) is 36.6 Å². The second kappa shape index (κ2) is 5.96. The van der Waals surface area contributed by atoms with Crippen LogP contribution in [0.4, 0.5) is 0 Å². The summed E-state index contributed by atoms with van der Waals surface area (Å²) in [7, 11) is 0. The highest BCUT2D eigenvalue weighted by atomic mass is 79.9. The number of halogens is 1. The van der Waals surface area contributed by atoms with Crippen molar-refractivity contribution in [1.82, 2.24) is 0 Å². The predicted molar refractivity (Wildman–Crippen MR) is 78.0 cm³/mol. The summed E-state index contributed by atoms with van der Waals surface area (Å²) in [6.45, 7) is 1.98. The number of carbonyl (C=O) groups is 1. The molecule has 0 fully saturated rings. The molecule has 0 aliphatic rings. The lowest BCUT2D eigenvalue weighted by atomic mass is 9.99. The van der Waals surface area contributed by atoms with Gasteiger partial charge in [0.1, 0.15) is 0 Å². The Hall–Kier alpha value is -1.41. The maximum Gasteiger partial charge on any atom is 0.163 e. The van der Waals surface area contributed by atoms with Gasteiger partial charge < -0.3 is 0 Å². The van der Waals surface area contributed by atoms with E-state index >= 15 is 0 Å². The van der Waals surface area contributed by atoms with Crippen molar-refractivity contribution in [2.24, 2.45) is 0 Å². The first kappa shape index (κ1) is 13.0. The molecule has 0 spiro atoms. The lowest BCUT2D eigenvalue weighted by molar-refractivity contribution is 0.0982. The molecule has 92 valence electrons. The molecule has 0 atom stereocenters. The van der Waals surface area contributed by atoms with E-state index < -0.39 is 0 Å². The molecule has 0 heterocycles. The summed E-state index contributed by atoms with van der Waals surface area (Å²) in [5.74, 6) is 0.219. The number of hydrogen-bond acceptors (Lipinski definition) is 1. The summed E-state index contributed by atoms with van der Waals surface area (Å²) in [4.78, 5) is 12.1. The third-order valence-electron chi connectivity index (χ3n) is 3.00. The highest BCUT2D eigenvalue weighted by molar-refractivity contribution is 9.10. The van der Waals surface area contributed by atoms with Gasteiger partial charge in [0.25, 0.3) is 0 Å². The van der Waals surface area contributed by atoms with Gasteiger partial charge in [-0.1, -0.05) is 52.3 Å². The Morgan fingerprint density at radius 1 is 1.06 bits per heavy atom. The van der Waals surface area contributed by atoms with E-state index in [9.17, 15) is 4.79 Å². The molecule has 0 unspecified atom stereocenters. The lowest BCUT2D eigenvalue weighted by Crippen LogP contribution is -2.03. The van der Waals surface area contributed by atoms with Crippen LogP contribution in [-0.2, 0) is 6.42 Å². The van der Waals surface area contributed by atoms with Crippen LogP contribution in [0.2, 0.25) is 0 Å². The number of aryl methyl sites for hydroxylation is 2. The lowest BCUT2D eigenvalue weighted by Gasteiger charge is -2.05. The van der Waals surface area contributed by atoms with E-state index in [0.29, 0.717) is 6.42 Å². The Labute approximate surface area is 116 Å². The first-order valence-corrected chi connectivity index (χ1v) is 6.79. The van der Waals surface area contributed by atoms with Crippen LogP contribution in [0.3, 0.4) is 0 Å². The molecule has 0 aliphatic carbocycles. The number of carbonyl (C=O) groups excluding carboxylic acids is 1. The van der Waals surface area contributed by atoms with Crippen LogP contribution in [0.5, 0.6) is 0 Å². The van der Waals surface area contributed by atoms with E-state index in [1.54, 1.807) is 0 Å². The second-order valence-electron chi connectivity index (χ2n) is 4.36. The molecule has 2 rings (SSSR count). The SMILES string of the molecule is Cc1ccccc1C(=O)CCc1ccc(Br)cc1. The Balaban J connectivity index is 2.01. The molecule has 2 heteroatoms. The Bertz CT molecular complexity index is 543. The normalized spacial score (nSPS) is 10.3. The highest BCUT2D eigenvalue weighted by Crippen LogP contribution is 2.14. The van der Waals surface area contributed by atoms with Crippen molar-refractivity contribution in [3.63, 3.8) is 0 Å². The summed E-state index contributed by atoms with van der Waals surface area (Å²) < 4.78 is 1.07. The van der Waals surface area contributed by atoms with E-state index in [4.69, 9.17) is 0 Å². The first-order chi connectivity index (χ1) is 8.66. The Morgan fingerprint density at radius 2 is 1.72 bits per heavy atom. The quantitative estimate of drug-likeness (QED) is 0.756. The van der Waals surface area contributed by atoms with Crippen LogP contribution in [0.1, 0.15) is 27.9 Å². The highest BCUT2D eigenvalue weighted by Gasteiger charge is 2.08. The fourth-order valence-electron chi connectivity index (χ4n) is 1.93. The maximum atomic E-state index is 12.1. The molecular weight excluding hydrogens is 288 g/mol.